The second-order valence-electron chi connectivity index (χ2n) is 2.54. The van der Waals surface area contributed by atoms with E-state index >= 15 is 0 Å². The normalized spacial score (nSPS) is 34.8. The summed E-state index contributed by atoms with van der Waals surface area (Å²) in [6.07, 6.45) is 0.899. The third kappa shape index (κ3) is 1.21. The molecule has 3 N–H and O–H groups in total. The molecule has 0 unspecified atom stereocenters. The highest BCUT2D eigenvalue weighted by atomic mass is 16.1. The number of nitrogens with one attached hydrogen (secondary N) is 1. The quantitative estimate of drug-likeness (QED) is 0.498. The molecule has 1 amide bonds. The third-order valence-corrected chi connectivity index (χ3v) is 1.89. The number of amides is 1. The number of carbonyl (C=O) groups is 1. The van der Waals surface area contributed by atoms with Crippen molar-refractivity contribution in [3.8, 4) is 0 Å². The first-order chi connectivity index (χ1) is 4.22. The minimum absolute atomic E-state index is 0.0602. The van der Waals surface area contributed by atoms with Crippen LogP contribution in [0.2, 0.25) is 0 Å². The third-order valence-electron chi connectivity index (χ3n) is 1.89. The molecule has 1 aliphatic rings. The molecule has 9 heavy (non-hydrogen) atoms. The van der Waals surface area contributed by atoms with Crippen LogP contribution in [0.15, 0.2) is 0 Å². The summed E-state index contributed by atoms with van der Waals surface area (Å²) in [5.74, 6) is -0.113. The Balaban J connectivity index is 2.49. The largest absolute Gasteiger partial charge is 0.369 e. The Morgan fingerprint density at radius 3 is 2.67 bits per heavy atom. The van der Waals surface area contributed by atoms with Crippen molar-refractivity contribution >= 4 is 5.91 Å². The van der Waals surface area contributed by atoms with Crippen molar-refractivity contribution in [2.75, 3.05) is 6.54 Å². The number of carbonyl (C=O) groups excluding carboxylic acids is 1. The molecule has 1 fully saturated rings. The second-order valence-corrected chi connectivity index (χ2v) is 2.54. The topological polar surface area (TPSA) is 55.1 Å². The van der Waals surface area contributed by atoms with Gasteiger partial charge in [0.1, 0.15) is 0 Å². The van der Waals surface area contributed by atoms with Crippen molar-refractivity contribution in [1.82, 2.24) is 5.32 Å². The fraction of sp³-hybridized carbons (Fsp3) is 0.833. The second kappa shape index (κ2) is 2.35. The van der Waals surface area contributed by atoms with E-state index in [0.29, 0.717) is 0 Å². The van der Waals surface area contributed by atoms with Crippen LogP contribution in [0, 0.1) is 5.92 Å². The van der Waals surface area contributed by atoms with E-state index in [1.165, 1.54) is 0 Å². The van der Waals surface area contributed by atoms with Gasteiger partial charge < -0.3 is 11.1 Å². The van der Waals surface area contributed by atoms with E-state index in [-0.39, 0.29) is 17.9 Å². The van der Waals surface area contributed by atoms with Gasteiger partial charge in [-0.2, -0.15) is 0 Å². The molecule has 3 heteroatoms. The summed E-state index contributed by atoms with van der Waals surface area (Å²) in [7, 11) is 0. The van der Waals surface area contributed by atoms with Crippen LogP contribution in [-0.2, 0) is 4.79 Å². The Bertz CT molecular complexity index is 124. The maximum absolute atomic E-state index is 10.6. The predicted octanol–water partition coefficient (Wildman–Crippen LogP) is -0.530. The van der Waals surface area contributed by atoms with Gasteiger partial charge in [0.2, 0.25) is 5.91 Å². The molecular formula is C6H12N2O. The van der Waals surface area contributed by atoms with Crippen LogP contribution in [0.4, 0.5) is 0 Å². The zero-order valence-corrected chi connectivity index (χ0v) is 5.55. The summed E-state index contributed by atoms with van der Waals surface area (Å²) in [6.45, 7) is 2.91. The van der Waals surface area contributed by atoms with E-state index in [2.05, 4.69) is 5.32 Å². The van der Waals surface area contributed by atoms with Crippen molar-refractivity contribution in [3.63, 3.8) is 0 Å². The van der Waals surface area contributed by atoms with E-state index in [9.17, 15) is 4.79 Å². The molecule has 1 aliphatic heterocycles. The van der Waals surface area contributed by atoms with Crippen LogP contribution in [0.25, 0.3) is 0 Å². The zero-order chi connectivity index (χ0) is 6.85. The van der Waals surface area contributed by atoms with Crippen LogP contribution in [0.3, 0.4) is 0 Å². The predicted molar refractivity (Wildman–Crippen MR) is 34.8 cm³/mol. The van der Waals surface area contributed by atoms with Crippen molar-refractivity contribution in [1.29, 1.82) is 0 Å². The van der Waals surface area contributed by atoms with E-state index < -0.39 is 0 Å². The molecule has 1 saturated heterocycles. The summed E-state index contributed by atoms with van der Waals surface area (Å²) in [6, 6.07) is 0.280. The zero-order valence-electron chi connectivity index (χ0n) is 5.55. The molecule has 0 bridgehead atoms. The van der Waals surface area contributed by atoms with Crippen molar-refractivity contribution < 1.29 is 4.79 Å². The Morgan fingerprint density at radius 1 is 1.78 bits per heavy atom. The van der Waals surface area contributed by atoms with Crippen LogP contribution < -0.4 is 11.1 Å². The molecule has 3 nitrogen and oxygen atoms in total. The lowest BCUT2D eigenvalue weighted by Crippen LogP contribution is -2.32. The Kier molecular flexibility index (Phi) is 1.71. The van der Waals surface area contributed by atoms with Crippen molar-refractivity contribution in [2.45, 2.75) is 19.4 Å². The molecule has 0 spiro atoms. The molecular weight excluding hydrogens is 116 g/mol. The van der Waals surface area contributed by atoms with Crippen molar-refractivity contribution in [2.24, 2.45) is 11.7 Å². The van der Waals surface area contributed by atoms with Gasteiger partial charge in [0, 0.05) is 6.04 Å². The Labute approximate surface area is 54.6 Å². The smallest absolute Gasteiger partial charge is 0.222 e. The molecule has 0 saturated carbocycles. The van der Waals surface area contributed by atoms with E-state index in [4.69, 9.17) is 5.73 Å². The lowest BCUT2D eigenvalue weighted by atomic mass is 10.0. The fourth-order valence-corrected chi connectivity index (χ4v) is 1.25. The van der Waals surface area contributed by atoms with Crippen LogP contribution >= 0.6 is 0 Å². The lowest BCUT2D eigenvalue weighted by Gasteiger charge is -2.08. The van der Waals surface area contributed by atoms with Gasteiger partial charge in [0.25, 0.3) is 0 Å². The Morgan fingerprint density at radius 2 is 2.44 bits per heavy atom. The highest BCUT2D eigenvalue weighted by Gasteiger charge is 2.26. The lowest BCUT2D eigenvalue weighted by molar-refractivity contribution is -0.121. The number of hydrogen-bond donors (Lipinski definition) is 2. The van der Waals surface area contributed by atoms with Crippen molar-refractivity contribution in [3.05, 3.63) is 0 Å². The van der Waals surface area contributed by atoms with Gasteiger partial charge in [-0.15, -0.1) is 0 Å². The minimum atomic E-state index is -0.174. The molecule has 0 radical (unpaired) electrons. The molecule has 0 aliphatic carbocycles. The molecule has 52 valence electrons. The van der Waals surface area contributed by atoms with Gasteiger partial charge in [-0.1, -0.05) is 0 Å². The average Bonchev–Trinajstić information content (AvgIpc) is 2.13. The van der Waals surface area contributed by atoms with Crippen LogP contribution in [0.1, 0.15) is 13.3 Å². The summed E-state index contributed by atoms with van der Waals surface area (Å²) in [5.41, 5.74) is 5.11. The van der Waals surface area contributed by atoms with Gasteiger partial charge in [-0.25, -0.2) is 0 Å². The monoisotopic (exact) mass is 128 g/mol. The molecule has 0 aromatic heterocycles. The summed E-state index contributed by atoms with van der Waals surface area (Å²) >= 11 is 0. The summed E-state index contributed by atoms with van der Waals surface area (Å²) < 4.78 is 0. The van der Waals surface area contributed by atoms with E-state index in [1.807, 2.05) is 6.92 Å². The standard InChI is InChI=1S/C6H12N2O/c1-4-5(6(7)9)2-3-8-4/h4-5,8H,2-3H2,1H3,(H2,7,9)/t4-,5-/m0/s1. The van der Waals surface area contributed by atoms with Gasteiger partial charge in [0.15, 0.2) is 0 Å². The molecule has 0 aromatic carbocycles. The van der Waals surface area contributed by atoms with Gasteiger partial charge in [-0.3, -0.25) is 4.79 Å². The first kappa shape index (κ1) is 6.55. The van der Waals surface area contributed by atoms with E-state index in [1.54, 1.807) is 0 Å². The van der Waals surface area contributed by atoms with Crippen LogP contribution in [0.5, 0.6) is 0 Å². The number of rotatable bonds is 1. The SMILES string of the molecule is C[C@@H]1NCC[C@@H]1C(N)=O. The first-order valence-electron chi connectivity index (χ1n) is 3.24. The number of nitrogens with two attached hydrogens (primary N) is 1. The summed E-state index contributed by atoms with van der Waals surface area (Å²) in [5, 5.41) is 3.15. The highest BCUT2D eigenvalue weighted by Crippen LogP contribution is 2.13. The highest BCUT2D eigenvalue weighted by molar-refractivity contribution is 5.77. The van der Waals surface area contributed by atoms with Gasteiger partial charge in [0.05, 0.1) is 5.92 Å². The molecule has 2 atom stereocenters. The van der Waals surface area contributed by atoms with Gasteiger partial charge in [-0.05, 0) is 19.9 Å². The minimum Gasteiger partial charge on any atom is -0.369 e. The molecule has 1 rings (SSSR count). The summed E-state index contributed by atoms with van der Waals surface area (Å²) in [4.78, 5) is 10.6. The fourth-order valence-electron chi connectivity index (χ4n) is 1.25. The van der Waals surface area contributed by atoms with Crippen LogP contribution in [-0.4, -0.2) is 18.5 Å². The first-order valence-corrected chi connectivity index (χ1v) is 3.24. The maximum Gasteiger partial charge on any atom is 0.222 e. The number of hydrogen-bond acceptors (Lipinski definition) is 2. The molecule has 0 aromatic rings. The Hall–Kier alpha value is -0.570. The average molecular weight is 128 g/mol. The number of primary amides is 1. The molecule has 1 heterocycles. The van der Waals surface area contributed by atoms with E-state index in [0.717, 1.165) is 13.0 Å². The maximum atomic E-state index is 10.6. The van der Waals surface area contributed by atoms with Gasteiger partial charge >= 0.3 is 0 Å².